The predicted octanol–water partition coefficient (Wildman–Crippen LogP) is 2.46. The summed E-state index contributed by atoms with van der Waals surface area (Å²) in [7, 11) is 1.89. The van der Waals surface area contributed by atoms with Crippen LogP contribution in [0.4, 0.5) is 5.69 Å². The molecule has 1 unspecified atom stereocenters. The van der Waals surface area contributed by atoms with Crippen LogP contribution in [0.1, 0.15) is 55.7 Å². The smallest absolute Gasteiger partial charge is 0.279 e. The summed E-state index contributed by atoms with van der Waals surface area (Å²) in [6.45, 7) is 8.87. The highest BCUT2D eigenvalue weighted by Gasteiger charge is 2.24. The third-order valence-corrected chi connectivity index (χ3v) is 5.64. The van der Waals surface area contributed by atoms with Gasteiger partial charge in [-0.05, 0) is 70.9 Å². The summed E-state index contributed by atoms with van der Waals surface area (Å²) in [4.78, 5) is 25.8. The molecule has 0 aliphatic heterocycles. The van der Waals surface area contributed by atoms with Crippen LogP contribution >= 0.6 is 0 Å². The molecule has 0 heterocycles. The first kappa shape index (κ1) is 22.2. The van der Waals surface area contributed by atoms with E-state index in [1.165, 1.54) is 30.4 Å². The Kier molecular flexibility index (Phi) is 8.24. The lowest BCUT2D eigenvalue weighted by atomic mass is 9.97. The third-order valence-electron chi connectivity index (χ3n) is 5.64. The molecule has 0 saturated heterocycles. The number of amides is 2. The highest BCUT2D eigenvalue weighted by Crippen LogP contribution is 2.21. The molecule has 0 fully saturated rings. The van der Waals surface area contributed by atoms with Crippen molar-refractivity contribution in [2.75, 3.05) is 25.5 Å². The average molecular weight is 387 g/mol. The Morgan fingerprint density at radius 2 is 1.82 bits per heavy atom. The van der Waals surface area contributed by atoms with E-state index in [4.69, 9.17) is 0 Å². The molecule has 2 amide bonds. The van der Waals surface area contributed by atoms with E-state index < -0.39 is 0 Å². The van der Waals surface area contributed by atoms with Crippen molar-refractivity contribution in [2.24, 2.45) is 0 Å². The Bertz CT molecular complexity index is 716. The zero-order chi connectivity index (χ0) is 20.7. The molecular weight excluding hydrogens is 350 g/mol. The van der Waals surface area contributed by atoms with Gasteiger partial charge in [0.2, 0.25) is 0 Å². The molecule has 1 aromatic carbocycles. The van der Waals surface area contributed by atoms with Crippen LogP contribution < -0.4 is 15.5 Å². The number of anilines is 1. The molecule has 5 nitrogen and oxygen atoms in total. The fourth-order valence-electron chi connectivity index (χ4n) is 3.82. The van der Waals surface area contributed by atoms with Crippen molar-refractivity contribution in [3.63, 3.8) is 0 Å². The number of benzene rings is 1. The second-order valence-electron chi connectivity index (χ2n) is 8.22. The normalized spacial score (nSPS) is 16.1. The maximum atomic E-state index is 12.5. The summed E-state index contributed by atoms with van der Waals surface area (Å²) in [6, 6.07) is 3.86. The van der Waals surface area contributed by atoms with Gasteiger partial charge in [0.05, 0.1) is 7.05 Å². The van der Waals surface area contributed by atoms with Crippen molar-refractivity contribution >= 4 is 17.5 Å². The lowest BCUT2D eigenvalue weighted by molar-refractivity contribution is -0.885. The maximum Gasteiger partial charge on any atom is 0.279 e. The van der Waals surface area contributed by atoms with Crippen molar-refractivity contribution in [3.8, 4) is 0 Å². The average Bonchev–Trinajstić information content (AvgIpc) is 2.64. The van der Waals surface area contributed by atoms with E-state index in [-0.39, 0.29) is 24.4 Å². The van der Waals surface area contributed by atoms with E-state index in [1.54, 1.807) is 0 Å². The highest BCUT2D eigenvalue weighted by atomic mass is 16.2. The monoisotopic (exact) mass is 386 g/mol. The molecule has 1 aromatic rings. The third kappa shape index (κ3) is 6.48. The number of hydrogen-bond acceptors (Lipinski definition) is 2. The fraction of sp³-hybridized carbons (Fsp3) is 0.565. The number of rotatable bonds is 8. The highest BCUT2D eigenvalue weighted by molar-refractivity contribution is 5.93. The molecule has 0 saturated carbocycles. The minimum atomic E-state index is -0.272. The lowest BCUT2D eigenvalue weighted by Crippen LogP contribution is -3.15. The zero-order valence-electron chi connectivity index (χ0n) is 18.1. The number of allylic oxidation sites excluding steroid dienone is 1. The van der Waals surface area contributed by atoms with E-state index in [9.17, 15) is 9.59 Å². The molecule has 0 spiro atoms. The van der Waals surface area contributed by atoms with Gasteiger partial charge in [-0.25, -0.2) is 0 Å². The topological polar surface area (TPSA) is 62.6 Å². The second-order valence-corrected chi connectivity index (χ2v) is 8.22. The molecule has 1 aliphatic carbocycles. The summed E-state index contributed by atoms with van der Waals surface area (Å²) in [5.74, 6) is -0.0658. The van der Waals surface area contributed by atoms with Gasteiger partial charge in [0.25, 0.3) is 11.8 Å². The number of nitrogens with one attached hydrogen (secondary N) is 3. The van der Waals surface area contributed by atoms with Gasteiger partial charge in [-0.2, -0.15) is 0 Å². The van der Waals surface area contributed by atoms with E-state index in [0.717, 1.165) is 34.6 Å². The van der Waals surface area contributed by atoms with Crippen molar-refractivity contribution < 1.29 is 14.5 Å². The summed E-state index contributed by atoms with van der Waals surface area (Å²) in [5.41, 5.74) is 5.65. The number of carbonyl (C=O) groups excluding carboxylic acids is 2. The van der Waals surface area contributed by atoms with Crippen LogP contribution in [0, 0.1) is 20.8 Å². The number of hydrogen-bond donors (Lipinski definition) is 3. The van der Waals surface area contributed by atoms with Crippen LogP contribution in [0.2, 0.25) is 0 Å². The molecule has 0 radical (unpaired) electrons. The van der Waals surface area contributed by atoms with Crippen LogP contribution in [0.15, 0.2) is 23.8 Å². The molecule has 2 atom stereocenters. The van der Waals surface area contributed by atoms with Gasteiger partial charge in [-0.15, -0.1) is 0 Å². The number of carbonyl (C=O) groups is 2. The van der Waals surface area contributed by atoms with Crippen molar-refractivity contribution in [2.45, 2.75) is 65.8 Å². The Labute approximate surface area is 169 Å². The van der Waals surface area contributed by atoms with Crippen molar-refractivity contribution in [1.82, 2.24) is 5.32 Å². The summed E-state index contributed by atoms with van der Waals surface area (Å²) < 4.78 is 0. The minimum absolute atomic E-state index is 0.00408. The Balaban J connectivity index is 1.80. The largest absolute Gasteiger partial charge is 0.351 e. The van der Waals surface area contributed by atoms with E-state index in [0.29, 0.717) is 6.54 Å². The maximum absolute atomic E-state index is 12.5. The molecule has 3 N–H and O–H groups in total. The van der Waals surface area contributed by atoms with Gasteiger partial charge in [0.15, 0.2) is 12.6 Å². The van der Waals surface area contributed by atoms with Crippen LogP contribution in [0.3, 0.4) is 0 Å². The predicted molar refractivity (Wildman–Crippen MR) is 115 cm³/mol. The molecular formula is C23H36N3O2+. The quantitative estimate of drug-likeness (QED) is 0.601. The standard InChI is InChI=1S/C23H35N3O2/c1-16-13-17(2)22(18(3)14-16)25-21(27)15-26(5)19(4)23(28)24-12-11-20-9-7-6-8-10-20/h9,13-14,19H,6-8,10-12,15H2,1-5H3,(H,24,28)(H,25,27)/p+1/t19-/m1/s1. The second kappa shape index (κ2) is 10.4. The van der Waals surface area contributed by atoms with Gasteiger partial charge in [0, 0.05) is 12.2 Å². The SMILES string of the molecule is Cc1cc(C)c(NC(=O)C[NH+](C)[C@H](C)C(=O)NCCC2=CCCCC2)c(C)c1. The van der Waals surface area contributed by atoms with E-state index in [1.807, 2.05) is 27.8 Å². The number of quaternary nitrogens is 1. The zero-order valence-corrected chi connectivity index (χ0v) is 18.1. The van der Waals surface area contributed by atoms with Crippen LogP contribution in [0.25, 0.3) is 0 Å². The van der Waals surface area contributed by atoms with Gasteiger partial charge in [-0.3, -0.25) is 9.59 Å². The molecule has 0 aromatic heterocycles. The van der Waals surface area contributed by atoms with E-state index in [2.05, 4.69) is 35.8 Å². The number of likely N-dealkylation sites (N-methyl/N-ethyl adjacent to an activating group) is 1. The minimum Gasteiger partial charge on any atom is -0.351 e. The fourth-order valence-corrected chi connectivity index (χ4v) is 3.82. The van der Waals surface area contributed by atoms with Crippen LogP contribution in [-0.2, 0) is 9.59 Å². The van der Waals surface area contributed by atoms with Crippen LogP contribution in [-0.4, -0.2) is 38.0 Å². The van der Waals surface area contributed by atoms with Gasteiger partial charge in [-0.1, -0.05) is 29.3 Å². The molecule has 154 valence electrons. The molecule has 2 rings (SSSR count). The van der Waals surface area contributed by atoms with Gasteiger partial charge in [0.1, 0.15) is 0 Å². The first-order valence-electron chi connectivity index (χ1n) is 10.4. The Morgan fingerprint density at radius 1 is 1.14 bits per heavy atom. The lowest BCUT2D eigenvalue weighted by Gasteiger charge is -2.21. The van der Waals surface area contributed by atoms with E-state index >= 15 is 0 Å². The van der Waals surface area contributed by atoms with Crippen molar-refractivity contribution in [1.29, 1.82) is 0 Å². The van der Waals surface area contributed by atoms with Gasteiger partial charge < -0.3 is 15.5 Å². The molecule has 0 bridgehead atoms. The van der Waals surface area contributed by atoms with Crippen LogP contribution in [0.5, 0.6) is 0 Å². The molecule has 1 aliphatic rings. The first-order chi connectivity index (χ1) is 13.3. The Morgan fingerprint density at radius 3 is 2.43 bits per heavy atom. The summed E-state index contributed by atoms with van der Waals surface area (Å²) >= 11 is 0. The first-order valence-corrected chi connectivity index (χ1v) is 10.4. The molecule has 28 heavy (non-hydrogen) atoms. The number of aryl methyl sites for hydroxylation is 3. The summed E-state index contributed by atoms with van der Waals surface area (Å²) in [6.07, 6.45) is 8.12. The Hall–Kier alpha value is -2.14. The van der Waals surface area contributed by atoms with Crippen molar-refractivity contribution in [3.05, 3.63) is 40.5 Å². The summed E-state index contributed by atoms with van der Waals surface area (Å²) in [5, 5.41) is 6.04. The van der Waals surface area contributed by atoms with Gasteiger partial charge >= 0.3 is 0 Å². The molecule has 5 heteroatoms.